The van der Waals surface area contributed by atoms with E-state index < -0.39 is 5.72 Å². The summed E-state index contributed by atoms with van der Waals surface area (Å²) in [6.45, 7) is 0. The fourth-order valence-corrected chi connectivity index (χ4v) is 0.316. The van der Waals surface area contributed by atoms with Gasteiger partial charge < -0.3 is 4.74 Å². The maximum absolute atomic E-state index is 7.89. The predicted molar refractivity (Wildman–Crippen MR) is 30.1 cm³/mol. The molecule has 0 atom stereocenters. The van der Waals surface area contributed by atoms with Gasteiger partial charge in [0.2, 0.25) is 0 Å². The van der Waals surface area contributed by atoms with E-state index in [2.05, 4.69) is 4.74 Å². The Balaban J connectivity index is 0.000000490. The van der Waals surface area contributed by atoms with Crippen molar-refractivity contribution in [1.29, 1.82) is 5.26 Å². The molecule has 0 amide bonds. The lowest BCUT2D eigenvalue weighted by atomic mass is 10.6. The van der Waals surface area contributed by atoms with Crippen molar-refractivity contribution in [2.24, 2.45) is 5.73 Å². The zero-order chi connectivity index (χ0) is 5.33. The first-order valence-electron chi connectivity index (χ1n) is 2.13. The summed E-state index contributed by atoms with van der Waals surface area (Å²) in [6.07, 6.45) is 3.19. The average molecular weight is 135 g/mol. The lowest BCUT2D eigenvalue weighted by Crippen LogP contribution is -2.22. The van der Waals surface area contributed by atoms with Crippen molar-refractivity contribution >= 4 is 12.4 Å². The molecule has 0 radical (unpaired) electrons. The van der Waals surface area contributed by atoms with Gasteiger partial charge in [0.1, 0.15) is 0 Å². The van der Waals surface area contributed by atoms with Crippen LogP contribution in [0.2, 0.25) is 0 Å². The van der Waals surface area contributed by atoms with Crippen LogP contribution in [0.5, 0.6) is 0 Å². The molecule has 0 aromatic rings. The summed E-state index contributed by atoms with van der Waals surface area (Å²) in [5, 5.41) is 7.89. The Morgan fingerprint density at radius 3 is 2.25 bits per heavy atom. The van der Waals surface area contributed by atoms with E-state index >= 15 is 0 Å². The number of ether oxygens (including phenoxy) is 1. The van der Waals surface area contributed by atoms with Gasteiger partial charge in [-0.2, -0.15) is 5.26 Å². The van der Waals surface area contributed by atoms with Crippen molar-refractivity contribution in [3.05, 3.63) is 0 Å². The van der Waals surface area contributed by atoms with Crippen molar-refractivity contribution in [3.63, 3.8) is 0 Å². The highest BCUT2D eigenvalue weighted by Gasteiger charge is 2.41. The topological polar surface area (TPSA) is 59.0 Å². The predicted octanol–water partition coefficient (Wildman–Crippen LogP) is 0.355. The maximum atomic E-state index is 7.89. The molecule has 0 aliphatic heterocycles. The van der Waals surface area contributed by atoms with Gasteiger partial charge in [0.25, 0.3) is 6.26 Å². The number of rotatable bonds is 1. The molecule has 4 heteroatoms. The number of nitriles is 1. The highest BCUT2D eigenvalue weighted by Crippen LogP contribution is 2.32. The van der Waals surface area contributed by atoms with Crippen LogP contribution in [0.1, 0.15) is 12.8 Å². The Labute approximate surface area is 53.8 Å². The smallest absolute Gasteiger partial charge is 0.288 e. The van der Waals surface area contributed by atoms with Gasteiger partial charge >= 0.3 is 0 Å². The van der Waals surface area contributed by atoms with Crippen LogP contribution in [0.3, 0.4) is 0 Å². The van der Waals surface area contributed by atoms with Crippen LogP contribution in [0.15, 0.2) is 0 Å². The molecule has 3 nitrogen and oxygen atoms in total. The molecule has 0 bridgehead atoms. The highest BCUT2D eigenvalue weighted by atomic mass is 35.5. The Kier molecular flexibility index (Phi) is 2.08. The minimum Gasteiger partial charge on any atom is -0.405 e. The highest BCUT2D eigenvalue weighted by molar-refractivity contribution is 5.85. The molecule has 0 unspecified atom stereocenters. The summed E-state index contributed by atoms with van der Waals surface area (Å²) in [7, 11) is 0. The lowest BCUT2D eigenvalue weighted by Gasteiger charge is -1.99. The molecule has 0 spiro atoms. The van der Waals surface area contributed by atoms with Gasteiger partial charge in [-0.3, -0.25) is 5.73 Å². The zero-order valence-electron chi connectivity index (χ0n) is 4.26. The van der Waals surface area contributed by atoms with E-state index in [4.69, 9.17) is 11.0 Å². The van der Waals surface area contributed by atoms with E-state index in [0.717, 1.165) is 12.8 Å². The van der Waals surface area contributed by atoms with Crippen LogP contribution in [0.4, 0.5) is 0 Å². The van der Waals surface area contributed by atoms with E-state index in [1.165, 1.54) is 0 Å². The van der Waals surface area contributed by atoms with Gasteiger partial charge in [-0.25, -0.2) is 0 Å². The molecule has 1 saturated carbocycles. The fourth-order valence-electron chi connectivity index (χ4n) is 0.316. The number of nitrogens with two attached hydrogens (primary N) is 1. The van der Waals surface area contributed by atoms with Crippen LogP contribution in [0.25, 0.3) is 0 Å². The molecule has 0 heterocycles. The molecular formula is C4H7ClN2O. The molecule has 8 heavy (non-hydrogen) atoms. The third-order valence-electron chi connectivity index (χ3n) is 0.992. The summed E-state index contributed by atoms with van der Waals surface area (Å²) in [6, 6.07) is 0. The van der Waals surface area contributed by atoms with E-state index in [1.54, 1.807) is 6.26 Å². The third kappa shape index (κ3) is 1.57. The maximum Gasteiger partial charge on any atom is 0.288 e. The van der Waals surface area contributed by atoms with Crippen molar-refractivity contribution in [2.75, 3.05) is 0 Å². The van der Waals surface area contributed by atoms with Gasteiger partial charge in [-0.1, -0.05) is 0 Å². The molecule has 1 fully saturated rings. The van der Waals surface area contributed by atoms with E-state index in [1.807, 2.05) is 0 Å². The summed E-state index contributed by atoms with van der Waals surface area (Å²) in [5.74, 6) is 0. The van der Waals surface area contributed by atoms with Crippen molar-refractivity contribution in [1.82, 2.24) is 0 Å². The molecule has 0 saturated heterocycles. The molecule has 0 aromatic carbocycles. The second-order valence-corrected chi connectivity index (χ2v) is 1.76. The summed E-state index contributed by atoms with van der Waals surface area (Å²) in [4.78, 5) is 0. The molecule has 2 N–H and O–H groups in total. The third-order valence-corrected chi connectivity index (χ3v) is 0.992. The number of hydrogen-bond donors (Lipinski definition) is 1. The monoisotopic (exact) mass is 134 g/mol. The molecule has 0 aromatic heterocycles. The first-order valence-corrected chi connectivity index (χ1v) is 2.13. The first-order chi connectivity index (χ1) is 3.27. The summed E-state index contributed by atoms with van der Waals surface area (Å²) >= 11 is 0. The van der Waals surface area contributed by atoms with Gasteiger partial charge in [-0.15, -0.1) is 12.4 Å². The normalized spacial score (nSPS) is 20.0. The molecule has 1 aliphatic carbocycles. The Bertz CT molecular complexity index is 116. The van der Waals surface area contributed by atoms with Gasteiger partial charge in [-0.05, 0) is 0 Å². The van der Waals surface area contributed by atoms with Crippen LogP contribution >= 0.6 is 12.4 Å². The quantitative estimate of drug-likeness (QED) is 0.416. The van der Waals surface area contributed by atoms with E-state index in [0.29, 0.717) is 0 Å². The van der Waals surface area contributed by atoms with Crippen LogP contribution in [0, 0.1) is 11.5 Å². The minimum absolute atomic E-state index is 0. The first kappa shape index (κ1) is 7.54. The molecular weight excluding hydrogens is 128 g/mol. The Hall–Kier alpha value is -0.460. The number of hydrogen-bond acceptors (Lipinski definition) is 3. The van der Waals surface area contributed by atoms with Crippen molar-refractivity contribution < 1.29 is 4.74 Å². The zero-order valence-corrected chi connectivity index (χ0v) is 5.07. The van der Waals surface area contributed by atoms with Gasteiger partial charge in [0.15, 0.2) is 5.72 Å². The average Bonchev–Trinajstić information content (AvgIpc) is 2.22. The van der Waals surface area contributed by atoms with Crippen molar-refractivity contribution in [2.45, 2.75) is 18.6 Å². The second kappa shape index (κ2) is 2.21. The Morgan fingerprint density at radius 2 is 2.12 bits per heavy atom. The lowest BCUT2D eigenvalue weighted by molar-refractivity contribution is 0.145. The fraction of sp³-hybridized carbons (Fsp3) is 0.750. The second-order valence-electron chi connectivity index (χ2n) is 1.76. The van der Waals surface area contributed by atoms with E-state index in [9.17, 15) is 0 Å². The number of halogens is 1. The van der Waals surface area contributed by atoms with Crippen LogP contribution < -0.4 is 5.73 Å². The molecule has 46 valence electrons. The van der Waals surface area contributed by atoms with Crippen LogP contribution in [-0.2, 0) is 4.74 Å². The molecule has 1 rings (SSSR count). The SMILES string of the molecule is Cl.N#COC1(N)CC1. The van der Waals surface area contributed by atoms with Crippen LogP contribution in [-0.4, -0.2) is 5.72 Å². The van der Waals surface area contributed by atoms with Gasteiger partial charge in [0, 0.05) is 12.8 Å². The largest absolute Gasteiger partial charge is 0.405 e. The number of nitrogens with zero attached hydrogens (tertiary/aromatic N) is 1. The van der Waals surface area contributed by atoms with E-state index in [-0.39, 0.29) is 12.4 Å². The molecule has 1 aliphatic rings. The standard InChI is InChI=1S/C4H6N2O.ClH/c5-3-7-4(6)1-2-4;/h1-2,6H2;1H. The van der Waals surface area contributed by atoms with Gasteiger partial charge in [0.05, 0.1) is 0 Å². The Morgan fingerprint density at radius 1 is 1.62 bits per heavy atom. The summed E-state index contributed by atoms with van der Waals surface area (Å²) in [5.41, 5.74) is 4.75. The van der Waals surface area contributed by atoms with Crippen molar-refractivity contribution in [3.8, 4) is 6.26 Å². The summed E-state index contributed by atoms with van der Waals surface area (Å²) < 4.78 is 4.42. The minimum atomic E-state index is -0.561.